The summed E-state index contributed by atoms with van der Waals surface area (Å²) in [5.41, 5.74) is 4.99. The summed E-state index contributed by atoms with van der Waals surface area (Å²) in [5.74, 6) is 2.39. The van der Waals surface area contributed by atoms with Crippen LogP contribution < -0.4 is 4.74 Å². The number of carbonyl (C=O) groups is 2. The molecule has 3 aromatic rings. The minimum absolute atomic E-state index is 0.0944. The summed E-state index contributed by atoms with van der Waals surface area (Å²) in [6, 6.07) is 23.9. The summed E-state index contributed by atoms with van der Waals surface area (Å²) in [6.07, 6.45) is 11.6. The summed E-state index contributed by atoms with van der Waals surface area (Å²) in [7, 11) is 0. The number of ketones is 2. The lowest BCUT2D eigenvalue weighted by molar-refractivity contribution is -0.114. The standard InChI is InChI=1S/C35H40O3/c1-3-11-26(2)12-5-4-6-19-34(37)29-22-20-27(21-23-29)30-15-10-17-32(24-30)38-35-25-31(36)16-9-14-28-13-7-8-18-33(28)35/h7-8,10,13,15,17-18,20-26H,3-6,9,11-12,14,16,19H2,1-2H3. The topological polar surface area (TPSA) is 43.4 Å². The molecule has 0 amide bonds. The SMILES string of the molecule is CCCC(C)CCCCCC(=O)c1ccc(-c2cccc(OC3=CC(=O)CCCc4ccccc43)c2)cc1. The van der Waals surface area contributed by atoms with Crippen molar-refractivity contribution in [2.24, 2.45) is 5.92 Å². The first-order valence-electron chi connectivity index (χ1n) is 14.3. The molecular weight excluding hydrogens is 468 g/mol. The fourth-order valence-electron chi connectivity index (χ4n) is 5.26. The predicted octanol–water partition coefficient (Wildman–Crippen LogP) is 9.25. The molecule has 0 spiro atoms. The highest BCUT2D eigenvalue weighted by Crippen LogP contribution is 2.30. The molecule has 0 aromatic heterocycles. The van der Waals surface area contributed by atoms with E-state index in [9.17, 15) is 9.59 Å². The summed E-state index contributed by atoms with van der Waals surface area (Å²) in [5, 5.41) is 0. The zero-order valence-corrected chi connectivity index (χ0v) is 22.9. The first-order chi connectivity index (χ1) is 18.5. The Kier molecular flexibility index (Phi) is 10.1. The van der Waals surface area contributed by atoms with E-state index in [0.717, 1.165) is 53.9 Å². The molecule has 0 saturated carbocycles. The van der Waals surface area contributed by atoms with Crippen LogP contribution in [0.4, 0.5) is 0 Å². The van der Waals surface area contributed by atoms with Crippen molar-refractivity contribution < 1.29 is 14.3 Å². The van der Waals surface area contributed by atoms with Crippen molar-refractivity contribution in [2.75, 3.05) is 0 Å². The number of Topliss-reactive ketones (excluding diaryl/α,β-unsaturated/α-hetero) is 1. The van der Waals surface area contributed by atoms with E-state index in [1.165, 1.54) is 31.2 Å². The Morgan fingerprint density at radius 2 is 1.68 bits per heavy atom. The molecule has 0 aliphatic heterocycles. The molecule has 1 atom stereocenters. The smallest absolute Gasteiger partial charge is 0.162 e. The van der Waals surface area contributed by atoms with Gasteiger partial charge in [0.1, 0.15) is 11.5 Å². The van der Waals surface area contributed by atoms with Crippen LogP contribution in [0.15, 0.2) is 78.9 Å². The van der Waals surface area contributed by atoms with Crippen LogP contribution in [0.3, 0.4) is 0 Å². The Labute approximate surface area is 227 Å². The van der Waals surface area contributed by atoms with Gasteiger partial charge in [-0.05, 0) is 54.0 Å². The van der Waals surface area contributed by atoms with Crippen molar-refractivity contribution in [3.05, 3.63) is 95.6 Å². The number of carbonyl (C=O) groups excluding carboxylic acids is 2. The Bertz CT molecular complexity index is 1250. The van der Waals surface area contributed by atoms with Crippen molar-refractivity contribution >= 4 is 17.3 Å². The fraction of sp³-hybridized carbons (Fsp3) is 0.371. The molecule has 1 unspecified atom stereocenters. The highest BCUT2D eigenvalue weighted by atomic mass is 16.5. The molecule has 38 heavy (non-hydrogen) atoms. The van der Waals surface area contributed by atoms with Gasteiger partial charge < -0.3 is 4.74 Å². The maximum Gasteiger partial charge on any atom is 0.162 e. The number of unbranched alkanes of at least 4 members (excludes halogenated alkanes) is 2. The van der Waals surface area contributed by atoms with Crippen molar-refractivity contribution in [3.63, 3.8) is 0 Å². The van der Waals surface area contributed by atoms with E-state index in [0.29, 0.717) is 24.4 Å². The largest absolute Gasteiger partial charge is 0.457 e. The van der Waals surface area contributed by atoms with Gasteiger partial charge in [-0.2, -0.15) is 0 Å². The lowest BCUT2D eigenvalue weighted by Gasteiger charge is -2.17. The van der Waals surface area contributed by atoms with Crippen molar-refractivity contribution in [2.45, 2.75) is 78.1 Å². The van der Waals surface area contributed by atoms with E-state index in [1.54, 1.807) is 6.08 Å². The second kappa shape index (κ2) is 13.9. The van der Waals surface area contributed by atoms with Gasteiger partial charge in [0.05, 0.1) is 0 Å². The highest BCUT2D eigenvalue weighted by molar-refractivity contribution is 5.97. The second-order valence-electron chi connectivity index (χ2n) is 10.6. The molecule has 1 aliphatic carbocycles. The van der Waals surface area contributed by atoms with Gasteiger partial charge >= 0.3 is 0 Å². The average molecular weight is 509 g/mol. The first-order valence-corrected chi connectivity index (χ1v) is 14.3. The molecule has 4 rings (SSSR count). The third-order valence-corrected chi connectivity index (χ3v) is 7.43. The fourth-order valence-corrected chi connectivity index (χ4v) is 5.26. The van der Waals surface area contributed by atoms with Gasteiger partial charge in [0.2, 0.25) is 0 Å². The molecule has 0 radical (unpaired) electrons. The number of benzene rings is 3. The van der Waals surface area contributed by atoms with E-state index < -0.39 is 0 Å². The minimum Gasteiger partial charge on any atom is -0.457 e. The van der Waals surface area contributed by atoms with Crippen LogP contribution >= 0.6 is 0 Å². The molecule has 198 valence electrons. The summed E-state index contributed by atoms with van der Waals surface area (Å²) in [6.45, 7) is 4.57. The number of allylic oxidation sites excluding steroid dienone is 1. The molecule has 0 fully saturated rings. The van der Waals surface area contributed by atoms with Gasteiger partial charge in [-0.15, -0.1) is 0 Å². The molecule has 0 saturated heterocycles. The second-order valence-corrected chi connectivity index (χ2v) is 10.6. The van der Waals surface area contributed by atoms with Crippen LogP contribution in [0, 0.1) is 5.92 Å². The number of hydrogen-bond donors (Lipinski definition) is 0. The number of hydrogen-bond acceptors (Lipinski definition) is 3. The van der Waals surface area contributed by atoms with Gasteiger partial charge in [-0.1, -0.05) is 107 Å². The Morgan fingerprint density at radius 1 is 0.868 bits per heavy atom. The maximum absolute atomic E-state index is 12.7. The lowest BCUT2D eigenvalue weighted by Crippen LogP contribution is -2.07. The molecule has 0 N–H and O–H groups in total. The van der Waals surface area contributed by atoms with Crippen LogP contribution in [-0.4, -0.2) is 11.6 Å². The van der Waals surface area contributed by atoms with Gasteiger partial charge in [0.25, 0.3) is 0 Å². The zero-order chi connectivity index (χ0) is 26.7. The monoisotopic (exact) mass is 508 g/mol. The molecule has 0 bridgehead atoms. The minimum atomic E-state index is 0.0944. The molecule has 1 aliphatic rings. The van der Waals surface area contributed by atoms with Crippen molar-refractivity contribution in [3.8, 4) is 16.9 Å². The lowest BCUT2D eigenvalue weighted by atomic mass is 9.96. The highest BCUT2D eigenvalue weighted by Gasteiger charge is 2.16. The summed E-state index contributed by atoms with van der Waals surface area (Å²) in [4.78, 5) is 25.1. The van der Waals surface area contributed by atoms with Crippen LogP contribution in [0.1, 0.15) is 93.1 Å². The van der Waals surface area contributed by atoms with Gasteiger partial charge in [-0.25, -0.2) is 0 Å². The Balaban J connectivity index is 1.38. The third-order valence-electron chi connectivity index (χ3n) is 7.43. The Hall–Kier alpha value is -3.46. The van der Waals surface area contributed by atoms with Crippen LogP contribution in [0.5, 0.6) is 5.75 Å². The molecule has 3 heteroatoms. The van der Waals surface area contributed by atoms with Crippen LogP contribution in [0.2, 0.25) is 0 Å². The molecule has 0 heterocycles. The Morgan fingerprint density at radius 3 is 2.50 bits per heavy atom. The third kappa shape index (κ3) is 7.77. The van der Waals surface area contributed by atoms with E-state index in [-0.39, 0.29) is 11.6 Å². The molecule has 3 aromatic carbocycles. The van der Waals surface area contributed by atoms with Gasteiger partial charge in [0.15, 0.2) is 11.6 Å². The van der Waals surface area contributed by atoms with E-state index in [1.807, 2.05) is 66.7 Å². The number of rotatable bonds is 12. The molecular formula is C35H40O3. The zero-order valence-electron chi connectivity index (χ0n) is 22.9. The first kappa shape index (κ1) is 27.6. The molecule has 3 nitrogen and oxygen atoms in total. The van der Waals surface area contributed by atoms with E-state index in [2.05, 4.69) is 19.9 Å². The summed E-state index contributed by atoms with van der Waals surface area (Å²) >= 11 is 0. The number of fused-ring (bicyclic) bond motifs is 1. The normalized spacial score (nSPS) is 14.2. The van der Waals surface area contributed by atoms with Gasteiger partial charge in [-0.3, -0.25) is 9.59 Å². The quantitative estimate of drug-likeness (QED) is 0.181. The van der Waals surface area contributed by atoms with Crippen molar-refractivity contribution in [1.82, 2.24) is 0 Å². The predicted molar refractivity (Wildman–Crippen MR) is 156 cm³/mol. The summed E-state index contributed by atoms with van der Waals surface area (Å²) < 4.78 is 6.29. The average Bonchev–Trinajstić information content (AvgIpc) is 2.92. The van der Waals surface area contributed by atoms with E-state index >= 15 is 0 Å². The van der Waals surface area contributed by atoms with Crippen LogP contribution in [0.25, 0.3) is 16.9 Å². The van der Waals surface area contributed by atoms with Gasteiger partial charge in [0, 0.05) is 30.0 Å². The maximum atomic E-state index is 12.7. The van der Waals surface area contributed by atoms with Crippen LogP contribution in [-0.2, 0) is 11.2 Å². The van der Waals surface area contributed by atoms with Crippen molar-refractivity contribution in [1.29, 1.82) is 0 Å². The van der Waals surface area contributed by atoms with E-state index in [4.69, 9.17) is 4.74 Å². The number of aryl methyl sites for hydroxylation is 1. The number of ether oxygens (including phenoxy) is 1.